The number of piperidine rings is 1. The van der Waals surface area contributed by atoms with E-state index in [0.717, 1.165) is 25.9 Å². The summed E-state index contributed by atoms with van der Waals surface area (Å²) in [5, 5.41) is 6.90. The van der Waals surface area contributed by atoms with E-state index in [1.807, 2.05) is 6.07 Å². The zero-order valence-electron chi connectivity index (χ0n) is 20.6. The van der Waals surface area contributed by atoms with Crippen LogP contribution in [0.1, 0.15) is 56.6 Å². The second kappa shape index (κ2) is 9.90. The van der Waals surface area contributed by atoms with Crippen molar-refractivity contribution in [3.05, 3.63) is 64.2 Å². The largest absolute Gasteiger partial charge is 0.489 e. The highest BCUT2D eigenvalue weighted by Gasteiger charge is 2.64. The first-order valence-corrected chi connectivity index (χ1v) is 12.3. The van der Waals surface area contributed by atoms with Crippen LogP contribution in [0.3, 0.4) is 0 Å². The van der Waals surface area contributed by atoms with Crippen molar-refractivity contribution < 1.29 is 9.53 Å². The van der Waals surface area contributed by atoms with E-state index in [9.17, 15) is 4.79 Å². The normalized spacial score (nSPS) is 22.6. The summed E-state index contributed by atoms with van der Waals surface area (Å²) in [6.45, 7) is 17.5. The number of halogens is 1. The number of amides is 1. The van der Waals surface area contributed by atoms with Gasteiger partial charge in [-0.2, -0.15) is 0 Å². The van der Waals surface area contributed by atoms with Gasteiger partial charge in [0.05, 0.1) is 17.2 Å². The first-order valence-electron chi connectivity index (χ1n) is 12.0. The summed E-state index contributed by atoms with van der Waals surface area (Å²) in [4.78, 5) is 20.8. The summed E-state index contributed by atoms with van der Waals surface area (Å²) in [6, 6.07) is 8.58. The molecule has 0 bridgehead atoms. The van der Waals surface area contributed by atoms with Crippen LogP contribution in [-0.2, 0) is 0 Å². The molecule has 1 aliphatic carbocycles. The summed E-state index contributed by atoms with van der Waals surface area (Å²) in [6.07, 6.45) is 3.56. The minimum absolute atomic E-state index is 0.107. The molecular weight excluding hydrogens is 460 g/mol. The highest BCUT2D eigenvalue weighted by atomic mass is 35.5. The predicted octanol–water partition coefficient (Wildman–Crippen LogP) is 5.25. The van der Waals surface area contributed by atoms with Gasteiger partial charge in [-0.25, -0.2) is 9.83 Å². The summed E-state index contributed by atoms with van der Waals surface area (Å²) in [5.74, 6) is 7.31. The van der Waals surface area contributed by atoms with Gasteiger partial charge in [0.25, 0.3) is 5.91 Å². The van der Waals surface area contributed by atoms with Crippen LogP contribution in [-0.4, -0.2) is 36.1 Å². The van der Waals surface area contributed by atoms with Gasteiger partial charge in [0, 0.05) is 29.0 Å². The molecule has 0 unspecified atom stereocenters. The van der Waals surface area contributed by atoms with Gasteiger partial charge in [0.2, 0.25) is 5.69 Å². The third-order valence-electron chi connectivity index (χ3n) is 7.18. The lowest BCUT2D eigenvalue weighted by Crippen LogP contribution is -2.74. The maximum atomic E-state index is 13.0. The van der Waals surface area contributed by atoms with Gasteiger partial charge in [-0.3, -0.25) is 4.79 Å². The Balaban J connectivity index is 1.40. The van der Waals surface area contributed by atoms with E-state index in [0.29, 0.717) is 33.6 Å². The Morgan fingerprint density at radius 2 is 1.91 bits per heavy atom. The van der Waals surface area contributed by atoms with Crippen molar-refractivity contribution in [3.63, 3.8) is 0 Å². The van der Waals surface area contributed by atoms with Crippen LogP contribution in [0, 0.1) is 35.2 Å². The summed E-state index contributed by atoms with van der Waals surface area (Å²) >= 11 is 6.18. The van der Waals surface area contributed by atoms with Crippen LogP contribution in [0.2, 0.25) is 5.02 Å². The van der Waals surface area contributed by atoms with E-state index < -0.39 is 0 Å². The predicted molar refractivity (Wildman–Crippen MR) is 138 cm³/mol. The van der Waals surface area contributed by atoms with E-state index in [2.05, 4.69) is 60.0 Å². The number of nitrogens with one attached hydrogen (secondary N) is 2. The van der Waals surface area contributed by atoms with Crippen molar-refractivity contribution in [1.29, 1.82) is 0 Å². The molecule has 2 aromatic rings. The molecule has 1 aromatic heterocycles. The molecule has 0 radical (unpaired) electrons. The second-order valence-electron chi connectivity index (χ2n) is 10.5. The first-order chi connectivity index (χ1) is 16.6. The topological polar surface area (TPSA) is 67.6 Å². The first kappa shape index (κ1) is 25.0. The van der Waals surface area contributed by atoms with Gasteiger partial charge in [0.15, 0.2) is 0 Å². The molecule has 0 atom stereocenters. The van der Waals surface area contributed by atoms with Gasteiger partial charge < -0.3 is 15.4 Å². The monoisotopic (exact) mass is 490 g/mol. The molecular formula is C28H31ClN4O2. The van der Waals surface area contributed by atoms with Gasteiger partial charge in [0.1, 0.15) is 17.5 Å². The van der Waals surface area contributed by atoms with Crippen molar-refractivity contribution >= 4 is 23.2 Å². The highest BCUT2D eigenvalue weighted by Crippen LogP contribution is 2.55. The molecule has 6 nitrogen and oxygen atoms in total. The SMILES string of the molecule is [C-]#[N+]c1ccc(OC2C(C)(C)C(NC(=O)c3ccc(C#CC4CCNCC4)nc3)C2(C)C)cc1Cl. The molecule has 1 saturated heterocycles. The maximum Gasteiger partial charge on any atom is 0.253 e. The number of hydrogen-bond acceptors (Lipinski definition) is 4. The average Bonchev–Trinajstić information content (AvgIpc) is 2.85. The molecule has 35 heavy (non-hydrogen) atoms. The summed E-state index contributed by atoms with van der Waals surface area (Å²) in [7, 11) is 0. The van der Waals surface area contributed by atoms with Crippen LogP contribution in [0.5, 0.6) is 5.75 Å². The number of nitrogens with zero attached hydrogens (tertiary/aromatic N) is 2. The fourth-order valence-electron chi connectivity index (χ4n) is 5.55. The fourth-order valence-corrected chi connectivity index (χ4v) is 5.76. The Morgan fingerprint density at radius 1 is 1.20 bits per heavy atom. The second-order valence-corrected chi connectivity index (χ2v) is 10.9. The third-order valence-corrected chi connectivity index (χ3v) is 7.48. The molecule has 1 saturated carbocycles. The van der Waals surface area contributed by atoms with Gasteiger partial charge in [-0.1, -0.05) is 51.3 Å². The molecule has 182 valence electrons. The van der Waals surface area contributed by atoms with Crippen molar-refractivity contribution in [3.8, 4) is 17.6 Å². The summed E-state index contributed by atoms with van der Waals surface area (Å²) in [5.41, 5.74) is 0.944. The Bertz CT molecular complexity index is 1180. The Morgan fingerprint density at radius 3 is 2.51 bits per heavy atom. The van der Waals surface area contributed by atoms with E-state index in [1.54, 1.807) is 30.5 Å². The van der Waals surface area contributed by atoms with Crippen LogP contribution in [0.15, 0.2) is 36.5 Å². The Kier molecular flexibility index (Phi) is 7.08. The summed E-state index contributed by atoms with van der Waals surface area (Å²) < 4.78 is 6.30. The molecule has 2 N–H and O–H groups in total. The van der Waals surface area contributed by atoms with Gasteiger partial charge in [-0.05, 0) is 56.1 Å². The molecule has 0 spiro atoms. The lowest BCUT2D eigenvalue weighted by Gasteiger charge is -2.63. The molecule has 7 heteroatoms. The number of carbonyl (C=O) groups excluding carboxylic acids is 1. The lowest BCUT2D eigenvalue weighted by molar-refractivity contribution is -0.164. The fraction of sp³-hybridized carbons (Fsp3) is 0.464. The van der Waals surface area contributed by atoms with Crippen LogP contribution >= 0.6 is 11.6 Å². The molecule has 1 aromatic carbocycles. The van der Waals surface area contributed by atoms with Crippen LogP contribution < -0.4 is 15.4 Å². The number of pyridine rings is 1. The van der Waals surface area contributed by atoms with E-state index in [-0.39, 0.29) is 28.9 Å². The maximum absolute atomic E-state index is 13.0. The van der Waals surface area contributed by atoms with Crippen molar-refractivity contribution in [2.24, 2.45) is 16.7 Å². The minimum Gasteiger partial charge on any atom is -0.489 e. The number of benzene rings is 1. The van der Waals surface area contributed by atoms with E-state index in [4.69, 9.17) is 22.9 Å². The highest BCUT2D eigenvalue weighted by molar-refractivity contribution is 6.33. The number of rotatable bonds is 4. The molecule has 2 heterocycles. The van der Waals surface area contributed by atoms with Gasteiger partial charge >= 0.3 is 0 Å². The van der Waals surface area contributed by atoms with E-state index >= 15 is 0 Å². The van der Waals surface area contributed by atoms with Crippen molar-refractivity contribution in [2.45, 2.75) is 52.7 Å². The van der Waals surface area contributed by atoms with Crippen LogP contribution in [0.25, 0.3) is 4.85 Å². The zero-order valence-corrected chi connectivity index (χ0v) is 21.4. The Labute approximate surface area is 212 Å². The number of hydrogen-bond donors (Lipinski definition) is 2. The molecule has 2 fully saturated rings. The number of carbonyl (C=O) groups is 1. The van der Waals surface area contributed by atoms with E-state index in [1.165, 1.54) is 0 Å². The smallest absolute Gasteiger partial charge is 0.253 e. The van der Waals surface area contributed by atoms with Crippen LogP contribution in [0.4, 0.5) is 5.69 Å². The molecule has 1 amide bonds. The molecule has 2 aliphatic rings. The standard InChI is InChI=1S/C28H31ClN4O2/c1-27(2)25(28(3,4)26(27)35-21-10-11-23(30-5)22(29)16-21)33-24(34)19-7-9-20(32-17-19)8-6-18-12-14-31-15-13-18/h7,9-11,16-18,25-26,31H,12-15H2,1-4H3,(H,33,34). The molecule has 4 rings (SSSR count). The third kappa shape index (κ3) is 5.15. The average molecular weight is 491 g/mol. The number of aromatic nitrogens is 1. The minimum atomic E-state index is -0.322. The van der Waals surface area contributed by atoms with Crippen molar-refractivity contribution in [1.82, 2.24) is 15.6 Å². The van der Waals surface area contributed by atoms with Gasteiger partial charge in [-0.15, -0.1) is 0 Å². The Hall–Kier alpha value is -3.06. The quantitative estimate of drug-likeness (QED) is 0.454. The zero-order chi connectivity index (χ0) is 25.2. The number of ether oxygens (including phenoxy) is 1. The molecule has 1 aliphatic heterocycles. The van der Waals surface area contributed by atoms with Crippen molar-refractivity contribution in [2.75, 3.05) is 13.1 Å². The lowest BCUT2D eigenvalue weighted by atomic mass is 9.49.